The summed E-state index contributed by atoms with van der Waals surface area (Å²) in [6, 6.07) is 5.39. The average molecular weight is 295 g/mol. The molecule has 1 aliphatic carbocycles. The molecule has 0 atom stereocenters. The minimum absolute atomic E-state index is 0.855. The second-order valence-electron chi connectivity index (χ2n) is 6.02. The molecule has 2 nitrogen and oxygen atoms in total. The third kappa shape index (κ3) is 5.19. The van der Waals surface area contributed by atoms with Gasteiger partial charge in [0.15, 0.2) is 0 Å². The first kappa shape index (κ1) is 16.0. The summed E-state index contributed by atoms with van der Waals surface area (Å²) in [5.41, 5.74) is 0. The lowest BCUT2D eigenvalue weighted by Crippen LogP contribution is -2.35. The van der Waals surface area contributed by atoms with Gasteiger partial charge in [0.05, 0.1) is 0 Å². The summed E-state index contributed by atoms with van der Waals surface area (Å²) >= 11 is 1.95. The third-order valence-corrected chi connectivity index (χ3v) is 5.66. The van der Waals surface area contributed by atoms with Gasteiger partial charge in [-0.2, -0.15) is 0 Å². The molecule has 0 aliphatic heterocycles. The predicted octanol–water partition coefficient (Wildman–Crippen LogP) is 4.05. The molecule has 1 aromatic heterocycles. The minimum atomic E-state index is 0.855. The van der Waals surface area contributed by atoms with Crippen LogP contribution in [0.3, 0.4) is 0 Å². The van der Waals surface area contributed by atoms with E-state index in [0.717, 1.165) is 25.6 Å². The zero-order valence-electron chi connectivity index (χ0n) is 13.2. The zero-order valence-corrected chi connectivity index (χ0v) is 14.0. The fraction of sp³-hybridized carbons (Fsp3) is 0.765. The van der Waals surface area contributed by atoms with Crippen LogP contribution < -0.4 is 5.32 Å². The summed E-state index contributed by atoms with van der Waals surface area (Å²) in [7, 11) is 2.31. The highest BCUT2D eigenvalue weighted by Gasteiger charge is 2.16. The van der Waals surface area contributed by atoms with Crippen LogP contribution in [0.4, 0.5) is 0 Å². The Morgan fingerprint density at radius 1 is 1.20 bits per heavy atom. The maximum Gasteiger partial charge on any atom is 0.0299 e. The van der Waals surface area contributed by atoms with Gasteiger partial charge in [-0.3, -0.25) is 0 Å². The first-order valence-corrected chi connectivity index (χ1v) is 9.09. The maximum absolute atomic E-state index is 3.58. The second kappa shape index (κ2) is 8.81. The molecule has 0 unspecified atom stereocenters. The number of nitrogens with one attached hydrogen (secondary N) is 1. The normalized spacial score (nSPS) is 16.9. The summed E-state index contributed by atoms with van der Waals surface area (Å²) in [5, 5.41) is 3.58. The van der Waals surface area contributed by atoms with E-state index in [4.69, 9.17) is 0 Å². The van der Waals surface area contributed by atoms with Gasteiger partial charge in [-0.15, -0.1) is 11.3 Å². The van der Waals surface area contributed by atoms with Crippen molar-refractivity contribution in [2.24, 2.45) is 0 Å². The molecule has 1 fully saturated rings. The quantitative estimate of drug-likeness (QED) is 0.728. The van der Waals surface area contributed by atoms with E-state index >= 15 is 0 Å². The first-order chi connectivity index (χ1) is 9.79. The monoisotopic (exact) mass is 294 g/mol. The maximum atomic E-state index is 3.58. The van der Waals surface area contributed by atoms with Gasteiger partial charge in [0.25, 0.3) is 0 Å². The van der Waals surface area contributed by atoms with Gasteiger partial charge >= 0.3 is 0 Å². The Morgan fingerprint density at radius 3 is 2.65 bits per heavy atom. The van der Waals surface area contributed by atoms with E-state index in [1.54, 1.807) is 0 Å². The van der Waals surface area contributed by atoms with E-state index in [-0.39, 0.29) is 0 Å². The van der Waals surface area contributed by atoms with Crippen LogP contribution in [-0.4, -0.2) is 31.1 Å². The SMILES string of the molecule is CCc1ccc(CNCCCN(C)C2CCCCC2)s1. The highest BCUT2D eigenvalue weighted by atomic mass is 32.1. The number of nitrogens with zero attached hydrogens (tertiary/aromatic N) is 1. The summed E-state index contributed by atoms with van der Waals surface area (Å²) < 4.78 is 0. The van der Waals surface area contributed by atoms with Crippen molar-refractivity contribution in [3.05, 3.63) is 21.9 Å². The number of aryl methyl sites for hydroxylation is 1. The standard InChI is InChI=1S/C17H30N2S/c1-3-16-10-11-17(20-16)14-18-12-7-13-19(2)15-8-5-4-6-9-15/h10-11,15,18H,3-9,12-14H2,1-2H3. The van der Waals surface area contributed by atoms with Crippen LogP contribution in [-0.2, 0) is 13.0 Å². The summed E-state index contributed by atoms with van der Waals surface area (Å²) in [6.45, 7) is 5.64. The van der Waals surface area contributed by atoms with Crippen LogP contribution in [0.25, 0.3) is 0 Å². The summed E-state index contributed by atoms with van der Waals surface area (Å²) in [5.74, 6) is 0. The van der Waals surface area contributed by atoms with E-state index < -0.39 is 0 Å². The molecular formula is C17H30N2S. The molecule has 1 aromatic rings. The van der Waals surface area contributed by atoms with Crippen molar-refractivity contribution in [2.75, 3.05) is 20.1 Å². The van der Waals surface area contributed by atoms with Crippen LogP contribution in [0.15, 0.2) is 12.1 Å². The lowest BCUT2D eigenvalue weighted by Gasteiger charge is -2.31. The Balaban J connectivity index is 1.54. The molecule has 20 heavy (non-hydrogen) atoms. The molecule has 1 aliphatic rings. The molecule has 0 spiro atoms. The smallest absolute Gasteiger partial charge is 0.0299 e. The van der Waals surface area contributed by atoms with E-state index in [1.165, 1.54) is 54.8 Å². The topological polar surface area (TPSA) is 15.3 Å². The van der Waals surface area contributed by atoms with Crippen LogP contribution in [0.2, 0.25) is 0 Å². The summed E-state index contributed by atoms with van der Waals surface area (Å²) in [4.78, 5) is 5.56. The molecular weight excluding hydrogens is 264 g/mol. The Kier molecular flexibility index (Phi) is 7.05. The largest absolute Gasteiger partial charge is 0.312 e. The molecule has 1 heterocycles. The molecule has 2 rings (SSSR count). The molecule has 114 valence electrons. The molecule has 0 aromatic carbocycles. The van der Waals surface area contributed by atoms with Gasteiger partial charge in [-0.05, 0) is 58.0 Å². The van der Waals surface area contributed by atoms with Gasteiger partial charge in [0.1, 0.15) is 0 Å². The van der Waals surface area contributed by atoms with Crippen LogP contribution in [0.5, 0.6) is 0 Å². The van der Waals surface area contributed by atoms with Gasteiger partial charge < -0.3 is 10.2 Å². The highest BCUT2D eigenvalue weighted by Crippen LogP contribution is 2.21. The van der Waals surface area contributed by atoms with Gasteiger partial charge in [-0.1, -0.05) is 26.2 Å². The Hall–Kier alpha value is -0.380. The van der Waals surface area contributed by atoms with Crippen molar-refractivity contribution in [3.63, 3.8) is 0 Å². The fourth-order valence-corrected chi connectivity index (χ4v) is 4.00. The van der Waals surface area contributed by atoms with Gasteiger partial charge in [0, 0.05) is 22.3 Å². The highest BCUT2D eigenvalue weighted by molar-refractivity contribution is 7.11. The van der Waals surface area contributed by atoms with Crippen molar-refractivity contribution in [2.45, 2.75) is 64.5 Å². The molecule has 0 radical (unpaired) electrons. The Bertz CT molecular complexity index is 369. The predicted molar refractivity (Wildman–Crippen MR) is 89.5 cm³/mol. The number of hydrogen-bond acceptors (Lipinski definition) is 3. The molecule has 3 heteroatoms. The van der Waals surface area contributed by atoms with Gasteiger partial charge in [-0.25, -0.2) is 0 Å². The van der Waals surface area contributed by atoms with Crippen molar-refractivity contribution >= 4 is 11.3 Å². The molecule has 0 bridgehead atoms. The lowest BCUT2D eigenvalue weighted by atomic mass is 9.94. The number of hydrogen-bond donors (Lipinski definition) is 1. The second-order valence-corrected chi connectivity index (χ2v) is 7.28. The van der Waals surface area contributed by atoms with Crippen molar-refractivity contribution < 1.29 is 0 Å². The Labute approximate surface area is 128 Å². The van der Waals surface area contributed by atoms with Crippen LogP contribution >= 0.6 is 11.3 Å². The van der Waals surface area contributed by atoms with E-state index in [9.17, 15) is 0 Å². The lowest BCUT2D eigenvalue weighted by molar-refractivity contribution is 0.189. The van der Waals surface area contributed by atoms with Crippen LogP contribution in [0, 0.1) is 0 Å². The fourth-order valence-electron chi connectivity index (χ4n) is 3.08. The Morgan fingerprint density at radius 2 is 1.95 bits per heavy atom. The zero-order chi connectivity index (χ0) is 14.2. The van der Waals surface area contributed by atoms with Crippen molar-refractivity contribution in [3.8, 4) is 0 Å². The summed E-state index contributed by atoms with van der Waals surface area (Å²) in [6.07, 6.45) is 9.58. The van der Waals surface area contributed by atoms with E-state index in [0.29, 0.717) is 0 Å². The van der Waals surface area contributed by atoms with E-state index in [1.807, 2.05) is 11.3 Å². The number of rotatable bonds is 8. The van der Waals surface area contributed by atoms with Crippen LogP contribution in [0.1, 0.15) is 55.2 Å². The molecule has 0 amide bonds. The van der Waals surface area contributed by atoms with Crippen molar-refractivity contribution in [1.82, 2.24) is 10.2 Å². The van der Waals surface area contributed by atoms with Gasteiger partial charge in [0.2, 0.25) is 0 Å². The van der Waals surface area contributed by atoms with E-state index in [2.05, 4.69) is 36.3 Å². The average Bonchev–Trinajstić information content (AvgIpc) is 2.95. The molecule has 1 N–H and O–H groups in total. The molecule has 1 saturated carbocycles. The van der Waals surface area contributed by atoms with Crippen molar-refractivity contribution in [1.29, 1.82) is 0 Å². The minimum Gasteiger partial charge on any atom is -0.312 e. The third-order valence-electron chi connectivity index (χ3n) is 4.43. The first-order valence-electron chi connectivity index (χ1n) is 8.28. The molecule has 0 saturated heterocycles. The number of thiophene rings is 1.